The van der Waals surface area contributed by atoms with Crippen LogP contribution >= 0.6 is 0 Å². The van der Waals surface area contributed by atoms with Crippen molar-refractivity contribution in [2.24, 2.45) is 5.84 Å². The Hall–Kier alpha value is -3.70. The molecule has 0 atom stereocenters. The molecule has 0 radical (unpaired) electrons. The van der Waals surface area contributed by atoms with E-state index in [1.54, 1.807) is 10.7 Å². The van der Waals surface area contributed by atoms with Crippen LogP contribution in [0.25, 0.3) is 28.1 Å². The Balaban J connectivity index is 1.78. The summed E-state index contributed by atoms with van der Waals surface area (Å²) >= 11 is 0. The van der Waals surface area contributed by atoms with E-state index >= 15 is 0 Å². The second kappa shape index (κ2) is 7.27. The van der Waals surface area contributed by atoms with Crippen LogP contribution in [0.2, 0.25) is 0 Å². The van der Waals surface area contributed by atoms with Crippen molar-refractivity contribution in [3.05, 3.63) is 96.7 Å². The lowest BCUT2D eigenvalue weighted by molar-refractivity contribution is 0.0948. The van der Waals surface area contributed by atoms with Gasteiger partial charge in [-0.25, -0.2) is 10.5 Å². The molecule has 0 spiro atoms. The van der Waals surface area contributed by atoms with Crippen molar-refractivity contribution in [3.63, 3.8) is 0 Å². The lowest BCUT2D eigenvalue weighted by Crippen LogP contribution is -2.30. The Kier molecular flexibility index (Phi) is 4.51. The Labute approximate surface area is 157 Å². The molecule has 0 aliphatic carbocycles. The van der Waals surface area contributed by atoms with Gasteiger partial charge in [0.25, 0.3) is 5.91 Å². The predicted octanol–water partition coefficient (Wildman–Crippen LogP) is 3.81. The van der Waals surface area contributed by atoms with Crippen LogP contribution in [-0.4, -0.2) is 15.7 Å². The highest BCUT2D eigenvalue weighted by atomic mass is 16.2. The summed E-state index contributed by atoms with van der Waals surface area (Å²) in [6.07, 6.45) is 0. The number of nitrogens with two attached hydrogens (primary N) is 1. The number of nitrogens with one attached hydrogen (secondary N) is 1. The molecule has 4 rings (SSSR count). The van der Waals surface area contributed by atoms with E-state index in [9.17, 15) is 4.79 Å². The van der Waals surface area contributed by atoms with Crippen molar-refractivity contribution in [1.82, 2.24) is 15.2 Å². The summed E-state index contributed by atoms with van der Waals surface area (Å²) in [6.45, 7) is 0. The van der Waals surface area contributed by atoms with Crippen LogP contribution in [0.4, 0.5) is 0 Å². The number of rotatable bonds is 4. The minimum absolute atomic E-state index is 0.267. The van der Waals surface area contributed by atoms with E-state index in [2.05, 4.69) is 34.8 Å². The van der Waals surface area contributed by atoms with Gasteiger partial charge >= 0.3 is 0 Å². The summed E-state index contributed by atoms with van der Waals surface area (Å²) in [5.74, 6) is 4.85. The van der Waals surface area contributed by atoms with Gasteiger partial charge < -0.3 is 0 Å². The fourth-order valence-corrected chi connectivity index (χ4v) is 3.00. The SMILES string of the molecule is NNC(=O)c1cc(-c2ccc(-c3ccccc3)cc2)n(-c2ccccc2)n1. The van der Waals surface area contributed by atoms with Gasteiger partial charge in [0, 0.05) is 5.56 Å². The van der Waals surface area contributed by atoms with Gasteiger partial charge in [0.1, 0.15) is 0 Å². The molecule has 132 valence electrons. The lowest BCUT2D eigenvalue weighted by Gasteiger charge is -2.08. The Morgan fingerprint density at radius 3 is 1.96 bits per heavy atom. The molecule has 5 heteroatoms. The average Bonchev–Trinajstić information content (AvgIpc) is 3.20. The van der Waals surface area contributed by atoms with Crippen molar-refractivity contribution in [2.45, 2.75) is 0 Å². The van der Waals surface area contributed by atoms with Gasteiger partial charge in [0.05, 0.1) is 11.4 Å². The van der Waals surface area contributed by atoms with Gasteiger partial charge in [-0.05, 0) is 29.3 Å². The van der Waals surface area contributed by atoms with Crippen LogP contribution in [0.1, 0.15) is 10.5 Å². The molecule has 1 heterocycles. The first-order chi connectivity index (χ1) is 13.3. The third-order valence-electron chi connectivity index (χ3n) is 4.36. The smallest absolute Gasteiger partial charge is 0.285 e. The van der Waals surface area contributed by atoms with Gasteiger partial charge in [-0.2, -0.15) is 5.10 Å². The van der Waals surface area contributed by atoms with Crippen molar-refractivity contribution in [3.8, 4) is 28.1 Å². The molecular weight excluding hydrogens is 336 g/mol. The van der Waals surface area contributed by atoms with E-state index in [4.69, 9.17) is 5.84 Å². The molecule has 1 amide bonds. The molecule has 0 aliphatic heterocycles. The maximum absolute atomic E-state index is 12.0. The summed E-state index contributed by atoms with van der Waals surface area (Å²) in [7, 11) is 0. The number of nitrogens with zero attached hydrogens (tertiary/aromatic N) is 2. The number of carbonyl (C=O) groups is 1. The number of hydrogen-bond acceptors (Lipinski definition) is 3. The first-order valence-corrected chi connectivity index (χ1v) is 8.58. The molecular formula is C22H18N4O. The Morgan fingerprint density at radius 2 is 1.33 bits per heavy atom. The highest BCUT2D eigenvalue weighted by Gasteiger charge is 2.16. The monoisotopic (exact) mass is 354 g/mol. The van der Waals surface area contributed by atoms with E-state index in [1.807, 2.05) is 60.7 Å². The van der Waals surface area contributed by atoms with Gasteiger partial charge in [-0.15, -0.1) is 0 Å². The molecule has 3 aromatic carbocycles. The molecule has 0 aliphatic rings. The second-order valence-electron chi connectivity index (χ2n) is 6.08. The number of amides is 1. The zero-order valence-corrected chi connectivity index (χ0v) is 14.5. The standard InChI is InChI=1S/C22H18N4O/c23-24-22(27)20-15-21(26(25-20)19-9-5-2-6-10-19)18-13-11-17(12-14-18)16-7-3-1-4-8-16/h1-15H,23H2,(H,24,27). The number of hydrogen-bond donors (Lipinski definition) is 2. The maximum atomic E-state index is 12.0. The van der Waals surface area contributed by atoms with E-state index in [0.717, 1.165) is 28.1 Å². The molecule has 0 bridgehead atoms. The van der Waals surface area contributed by atoms with Gasteiger partial charge in [0.2, 0.25) is 0 Å². The summed E-state index contributed by atoms with van der Waals surface area (Å²) in [5, 5.41) is 4.43. The maximum Gasteiger partial charge on any atom is 0.285 e. The van der Waals surface area contributed by atoms with Gasteiger partial charge in [0.15, 0.2) is 5.69 Å². The zero-order valence-electron chi connectivity index (χ0n) is 14.5. The summed E-state index contributed by atoms with van der Waals surface area (Å²) in [5.41, 5.74) is 7.34. The number of benzene rings is 3. The number of carbonyl (C=O) groups excluding carboxylic acids is 1. The van der Waals surface area contributed by atoms with Crippen molar-refractivity contribution >= 4 is 5.91 Å². The molecule has 0 saturated heterocycles. The highest BCUT2D eigenvalue weighted by molar-refractivity contribution is 5.93. The summed E-state index contributed by atoms with van der Waals surface area (Å²) in [6, 6.07) is 29.8. The highest BCUT2D eigenvalue weighted by Crippen LogP contribution is 2.27. The molecule has 5 nitrogen and oxygen atoms in total. The van der Waals surface area contributed by atoms with Crippen molar-refractivity contribution in [2.75, 3.05) is 0 Å². The van der Waals surface area contributed by atoms with Crippen LogP contribution in [0.3, 0.4) is 0 Å². The van der Waals surface area contributed by atoms with E-state index in [1.165, 1.54) is 0 Å². The number of aromatic nitrogens is 2. The fraction of sp³-hybridized carbons (Fsp3) is 0. The molecule has 4 aromatic rings. The topological polar surface area (TPSA) is 72.9 Å². The first kappa shape index (κ1) is 16.8. The molecule has 3 N–H and O–H groups in total. The lowest BCUT2D eigenvalue weighted by atomic mass is 10.0. The summed E-state index contributed by atoms with van der Waals surface area (Å²) in [4.78, 5) is 12.0. The van der Waals surface area contributed by atoms with E-state index < -0.39 is 5.91 Å². The Morgan fingerprint density at radius 1 is 0.778 bits per heavy atom. The minimum Gasteiger partial charge on any atom is -0.289 e. The van der Waals surface area contributed by atoms with Crippen LogP contribution in [0.5, 0.6) is 0 Å². The zero-order chi connectivity index (χ0) is 18.6. The number of nitrogen functional groups attached to an aromatic ring is 1. The number of hydrazine groups is 1. The minimum atomic E-state index is -0.424. The van der Waals surface area contributed by atoms with Crippen LogP contribution in [0.15, 0.2) is 91.0 Å². The van der Waals surface area contributed by atoms with E-state index in [-0.39, 0.29) is 5.69 Å². The predicted molar refractivity (Wildman–Crippen MR) is 106 cm³/mol. The van der Waals surface area contributed by atoms with Crippen LogP contribution in [0, 0.1) is 0 Å². The molecule has 0 saturated carbocycles. The third-order valence-corrected chi connectivity index (χ3v) is 4.36. The van der Waals surface area contributed by atoms with Crippen molar-refractivity contribution in [1.29, 1.82) is 0 Å². The van der Waals surface area contributed by atoms with Gasteiger partial charge in [-0.3, -0.25) is 10.2 Å². The first-order valence-electron chi connectivity index (χ1n) is 8.58. The third kappa shape index (κ3) is 3.36. The van der Waals surface area contributed by atoms with Gasteiger partial charge in [-0.1, -0.05) is 72.8 Å². The molecule has 0 fully saturated rings. The average molecular weight is 354 g/mol. The quantitative estimate of drug-likeness (QED) is 0.332. The van der Waals surface area contributed by atoms with Crippen LogP contribution in [-0.2, 0) is 0 Å². The van der Waals surface area contributed by atoms with E-state index in [0.29, 0.717) is 0 Å². The Bertz CT molecular complexity index is 1050. The normalized spacial score (nSPS) is 10.6. The molecule has 1 aromatic heterocycles. The van der Waals surface area contributed by atoms with Crippen molar-refractivity contribution < 1.29 is 4.79 Å². The molecule has 27 heavy (non-hydrogen) atoms. The largest absolute Gasteiger partial charge is 0.289 e. The fourth-order valence-electron chi connectivity index (χ4n) is 3.00. The number of para-hydroxylation sites is 1. The summed E-state index contributed by atoms with van der Waals surface area (Å²) < 4.78 is 1.75. The molecule has 0 unspecified atom stereocenters. The van der Waals surface area contributed by atoms with Crippen LogP contribution < -0.4 is 11.3 Å². The second-order valence-corrected chi connectivity index (χ2v) is 6.08.